The lowest BCUT2D eigenvalue weighted by molar-refractivity contribution is 0.306. The molecule has 0 aromatic carbocycles. The molecule has 0 aliphatic heterocycles. The van der Waals surface area contributed by atoms with E-state index in [1.807, 2.05) is 24.1 Å². The van der Waals surface area contributed by atoms with Crippen LogP contribution in [0.4, 0.5) is 0 Å². The number of likely N-dealkylation sites (N-methyl/N-ethyl adjacent to an activating group) is 1. The Bertz CT molecular complexity index is 458. The second kappa shape index (κ2) is 7.45. The second-order valence-electron chi connectivity index (χ2n) is 6.13. The Morgan fingerprint density at radius 2 is 2.19 bits per heavy atom. The fraction of sp³-hybridized carbons (Fsp3) is 0.733. The normalized spacial score (nSPS) is 19.0. The van der Waals surface area contributed by atoms with Crippen LogP contribution in [0.25, 0.3) is 0 Å². The second-order valence-corrected chi connectivity index (χ2v) is 6.13. The van der Waals surface area contributed by atoms with Gasteiger partial charge in [-0.2, -0.15) is 5.10 Å². The Hall–Kier alpha value is -1.56. The van der Waals surface area contributed by atoms with Crippen LogP contribution < -0.4 is 11.1 Å². The summed E-state index contributed by atoms with van der Waals surface area (Å²) in [4.78, 5) is 6.68. The first kappa shape index (κ1) is 15.8. The van der Waals surface area contributed by atoms with Crippen molar-refractivity contribution in [1.82, 2.24) is 20.0 Å². The van der Waals surface area contributed by atoms with Crippen LogP contribution in [-0.2, 0) is 7.05 Å². The van der Waals surface area contributed by atoms with Crippen LogP contribution in [-0.4, -0.2) is 47.3 Å². The van der Waals surface area contributed by atoms with E-state index in [2.05, 4.69) is 34.4 Å². The summed E-state index contributed by atoms with van der Waals surface area (Å²) in [6.07, 6.45) is 10.3. The average Bonchev–Trinajstić information content (AvgIpc) is 2.86. The molecule has 0 radical (unpaired) electrons. The summed E-state index contributed by atoms with van der Waals surface area (Å²) in [6.45, 7) is 0.643. The number of rotatable bonds is 5. The maximum atomic E-state index is 6.04. The summed E-state index contributed by atoms with van der Waals surface area (Å²) in [5.41, 5.74) is 7.20. The smallest absolute Gasteiger partial charge is 0.188 e. The monoisotopic (exact) mass is 292 g/mol. The molecule has 0 spiro atoms. The predicted octanol–water partition coefficient (Wildman–Crippen LogP) is 1.26. The van der Waals surface area contributed by atoms with Gasteiger partial charge in [-0.15, -0.1) is 0 Å². The van der Waals surface area contributed by atoms with Crippen LogP contribution in [0.1, 0.15) is 43.7 Å². The van der Waals surface area contributed by atoms with Crippen molar-refractivity contribution >= 4 is 5.96 Å². The molecular weight excluding hydrogens is 264 g/mol. The Morgan fingerprint density at radius 3 is 2.76 bits per heavy atom. The first-order valence-corrected chi connectivity index (χ1v) is 7.77. The van der Waals surface area contributed by atoms with Crippen molar-refractivity contribution in [2.45, 2.75) is 44.2 Å². The van der Waals surface area contributed by atoms with Crippen molar-refractivity contribution in [3.05, 3.63) is 18.0 Å². The molecule has 21 heavy (non-hydrogen) atoms. The molecule has 1 aliphatic rings. The molecule has 6 heteroatoms. The number of hydrogen-bond donors (Lipinski definition) is 2. The molecule has 1 unspecified atom stereocenters. The van der Waals surface area contributed by atoms with Crippen molar-refractivity contribution in [3.8, 4) is 0 Å². The van der Waals surface area contributed by atoms with E-state index in [9.17, 15) is 0 Å². The molecule has 1 heterocycles. The fourth-order valence-electron chi connectivity index (χ4n) is 2.87. The Labute approximate surface area is 127 Å². The van der Waals surface area contributed by atoms with E-state index >= 15 is 0 Å². The Balaban J connectivity index is 1.92. The van der Waals surface area contributed by atoms with E-state index in [-0.39, 0.29) is 6.04 Å². The molecule has 1 fully saturated rings. The van der Waals surface area contributed by atoms with Crippen LogP contribution in [0.15, 0.2) is 17.4 Å². The number of nitrogens with zero attached hydrogens (tertiary/aromatic N) is 4. The molecule has 0 saturated heterocycles. The molecule has 118 valence electrons. The lowest BCUT2D eigenvalue weighted by Gasteiger charge is -2.24. The van der Waals surface area contributed by atoms with E-state index < -0.39 is 0 Å². The molecule has 1 aliphatic carbocycles. The van der Waals surface area contributed by atoms with Gasteiger partial charge in [-0.05, 0) is 26.9 Å². The molecule has 0 bridgehead atoms. The van der Waals surface area contributed by atoms with Crippen LogP contribution in [0.3, 0.4) is 0 Å². The van der Waals surface area contributed by atoms with E-state index in [0.29, 0.717) is 18.5 Å². The minimum absolute atomic E-state index is 0.199. The van der Waals surface area contributed by atoms with E-state index in [0.717, 1.165) is 5.56 Å². The van der Waals surface area contributed by atoms with Gasteiger partial charge in [0, 0.05) is 24.8 Å². The summed E-state index contributed by atoms with van der Waals surface area (Å²) in [7, 11) is 6.04. The number of guanidine groups is 1. The van der Waals surface area contributed by atoms with Crippen LogP contribution in [0.2, 0.25) is 0 Å². The van der Waals surface area contributed by atoms with Crippen LogP contribution >= 0.6 is 0 Å². The van der Waals surface area contributed by atoms with Crippen LogP contribution in [0, 0.1) is 0 Å². The summed E-state index contributed by atoms with van der Waals surface area (Å²) >= 11 is 0. The SMILES string of the molecule is CN(C)C(CN=C(N)NC1CCCCC1)c1cnn(C)c1. The Morgan fingerprint density at radius 1 is 1.48 bits per heavy atom. The number of aryl methyl sites for hydroxylation is 1. The molecule has 3 N–H and O–H groups in total. The van der Waals surface area contributed by atoms with Gasteiger partial charge in [0.25, 0.3) is 0 Å². The van der Waals surface area contributed by atoms with Gasteiger partial charge in [-0.25, -0.2) is 0 Å². The van der Waals surface area contributed by atoms with Gasteiger partial charge in [-0.1, -0.05) is 19.3 Å². The standard InChI is InChI=1S/C15H28N6/c1-20(2)14(12-9-18-21(3)11-12)10-17-15(16)19-13-7-5-4-6-8-13/h9,11,13-14H,4-8,10H2,1-3H3,(H3,16,17,19). The highest BCUT2D eigenvalue weighted by Gasteiger charge is 2.17. The molecule has 0 amide bonds. The molecule has 1 atom stereocenters. The van der Waals surface area contributed by atoms with Crippen molar-refractivity contribution in [2.24, 2.45) is 17.8 Å². The summed E-state index contributed by atoms with van der Waals surface area (Å²) < 4.78 is 1.82. The maximum Gasteiger partial charge on any atom is 0.188 e. The van der Waals surface area contributed by atoms with Crippen molar-refractivity contribution in [2.75, 3.05) is 20.6 Å². The third kappa shape index (κ3) is 4.74. The number of nitrogens with two attached hydrogens (primary N) is 1. The number of aliphatic imine (C=N–C) groups is 1. The van der Waals surface area contributed by atoms with Gasteiger partial charge < -0.3 is 16.0 Å². The number of hydrogen-bond acceptors (Lipinski definition) is 3. The highest BCUT2D eigenvalue weighted by molar-refractivity contribution is 5.78. The maximum absolute atomic E-state index is 6.04. The lowest BCUT2D eigenvalue weighted by Crippen LogP contribution is -2.41. The zero-order valence-electron chi connectivity index (χ0n) is 13.4. The largest absolute Gasteiger partial charge is 0.370 e. The van der Waals surface area contributed by atoms with Crippen LogP contribution in [0.5, 0.6) is 0 Å². The lowest BCUT2D eigenvalue weighted by atomic mass is 9.96. The minimum Gasteiger partial charge on any atom is -0.370 e. The van der Waals surface area contributed by atoms with Crippen molar-refractivity contribution < 1.29 is 0 Å². The number of nitrogens with one attached hydrogen (secondary N) is 1. The van der Waals surface area contributed by atoms with E-state index in [1.54, 1.807) is 0 Å². The molecular formula is C15H28N6. The van der Waals surface area contributed by atoms with Crippen molar-refractivity contribution in [1.29, 1.82) is 0 Å². The van der Waals surface area contributed by atoms with E-state index in [4.69, 9.17) is 5.73 Å². The van der Waals surface area contributed by atoms with Gasteiger partial charge >= 0.3 is 0 Å². The summed E-state index contributed by atoms with van der Waals surface area (Å²) in [5.74, 6) is 0.567. The molecule has 1 aromatic rings. The van der Waals surface area contributed by atoms with Gasteiger partial charge in [-0.3, -0.25) is 9.67 Å². The third-order valence-electron chi connectivity index (χ3n) is 4.12. The quantitative estimate of drug-likeness (QED) is 0.633. The summed E-state index contributed by atoms with van der Waals surface area (Å²) in [5, 5.41) is 7.59. The molecule has 6 nitrogen and oxygen atoms in total. The molecule has 2 rings (SSSR count). The molecule has 1 aromatic heterocycles. The topological polar surface area (TPSA) is 71.5 Å². The van der Waals surface area contributed by atoms with Gasteiger partial charge in [0.15, 0.2) is 5.96 Å². The zero-order chi connectivity index (χ0) is 15.2. The van der Waals surface area contributed by atoms with Gasteiger partial charge in [0.2, 0.25) is 0 Å². The summed E-state index contributed by atoms with van der Waals surface area (Å²) in [6, 6.07) is 0.698. The zero-order valence-corrected chi connectivity index (χ0v) is 13.4. The minimum atomic E-state index is 0.199. The average molecular weight is 292 g/mol. The third-order valence-corrected chi connectivity index (χ3v) is 4.12. The predicted molar refractivity (Wildman–Crippen MR) is 86.1 cm³/mol. The fourth-order valence-corrected chi connectivity index (χ4v) is 2.87. The van der Waals surface area contributed by atoms with Gasteiger partial charge in [0.05, 0.1) is 18.8 Å². The van der Waals surface area contributed by atoms with Gasteiger partial charge in [0.1, 0.15) is 0 Å². The first-order valence-electron chi connectivity index (χ1n) is 7.77. The highest BCUT2D eigenvalue weighted by Crippen LogP contribution is 2.18. The van der Waals surface area contributed by atoms with E-state index in [1.165, 1.54) is 32.1 Å². The Kier molecular flexibility index (Phi) is 5.61. The highest BCUT2D eigenvalue weighted by atomic mass is 15.2. The van der Waals surface area contributed by atoms with Crippen molar-refractivity contribution in [3.63, 3.8) is 0 Å². The number of aromatic nitrogens is 2. The first-order chi connectivity index (χ1) is 10.1. The molecule has 1 saturated carbocycles.